The summed E-state index contributed by atoms with van der Waals surface area (Å²) < 4.78 is 41.7. The predicted molar refractivity (Wildman–Crippen MR) is 128 cm³/mol. The summed E-state index contributed by atoms with van der Waals surface area (Å²) in [5.74, 6) is -0.420. The molecule has 0 fully saturated rings. The van der Waals surface area contributed by atoms with Crippen LogP contribution in [0.25, 0.3) is 10.9 Å². The molecule has 5 nitrogen and oxygen atoms in total. The van der Waals surface area contributed by atoms with E-state index < -0.39 is 15.8 Å². The van der Waals surface area contributed by atoms with Gasteiger partial charge in [-0.1, -0.05) is 48.0 Å². The number of benzene rings is 3. The normalized spacial score (nSPS) is 11.9. The molecule has 0 atom stereocenters. The number of fused-ring (bicyclic) bond motifs is 1. The highest BCUT2D eigenvalue weighted by molar-refractivity contribution is 7.89. The molecular weight excluding hydrogens is 463 g/mol. The lowest BCUT2D eigenvalue weighted by molar-refractivity contribution is 0.399. The van der Waals surface area contributed by atoms with E-state index >= 15 is 0 Å². The van der Waals surface area contributed by atoms with Crippen LogP contribution in [0.2, 0.25) is 5.02 Å². The molecule has 0 bridgehead atoms. The number of rotatable bonds is 6. The Morgan fingerprint density at radius 3 is 2.30 bits per heavy atom. The van der Waals surface area contributed by atoms with Gasteiger partial charge in [0, 0.05) is 24.0 Å². The molecule has 0 saturated carbocycles. The number of hydrogen-bond acceptors (Lipinski definition) is 3. The van der Waals surface area contributed by atoms with E-state index in [1.165, 1.54) is 40.7 Å². The molecule has 0 aliphatic heterocycles. The molecule has 1 aromatic heterocycles. The first-order valence-corrected chi connectivity index (χ1v) is 12.1. The average Bonchev–Trinajstić information content (AvgIpc) is 2.78. The van der Waals surface area contributed by atoms with Crippen LogP contribution in [0.4, 0.5) is 4.39 Å². The van der Waals surface area contributed by atoms with Gasteiger partial charge in [-0.15, -0.1) is 0 Å². The number of nitrogens with zero attached hydrogens (tertiary/aromatic N) is 1. The van der Waals surface area contributed by atoms with Gasteiger partial charge in [0.1, 0.15) is 10.7 Å². The number of sulfonamides is 1. The summed E-state index contributed by atoms with van der Waals surface area (Å²) in [7, 11) is -4.07. The topological polar surface area (TPSA) is 70.2 Å². The molecule has 0 aliphatic carbocycles. The van der Waals surface area contributed by atoms with Gasteiger partial charge in [-0.25, -0.2) is 12.8 Å². The molecule has 0 unspecified atom stereocenters. The minimum absolute atomic E-state index is 0.0574. The maximum Gasteiger partial charge on any atom is 0.252 e. The summed E-state index contributed by atoms with van der Waals surface area (Å²) in [4.78, 5) is 15.7. The lowest BCUT2D eigenvalue weighted by Gasteiger charge is -2.23. The van der Waals surface area contributed by atoms with Crippen LogP contribution in [0.5, 0.6) is 0 Å². The molecule has 0 aliphatic rings. The van der Waals surface area contributed by atoms with Gasteiger partial charge in [0.15, 0.2) is 0 Å². The van der Waals surface area contributed by atoms with Crippen molar-refractivity contribution in [2.75, 3.05) is 0 Å². The van der Waals surface area contributed by atoms with E-state index in [9.17, 15) is 17.6 Å². The van der Waals surface area contributed by atoms with Crippen LogP contribution in [0.1, 0.15) is 22.3 Å². The van der Waals surface area contributed by atoms with Gasteiger partial charge in [0.2, 0.25) is 10.0 Å². The van der Waals surface area contributed by atoms with Gasteiger partial charge >= 0.3 is 0 Å². The summed E-state index contributed by atoms with van der Waals surface area (Å²) in [6.45, 7) is 3.60. The van der Waals surface area contributed by atoms with Crippen molar-refractivity contribution in [2.24, 2.45) is 0 Å². The summed E-state index contributed by atoms with van der Waals surface area (Å²) in [5, 5.41) is 0.932. The van der Waals surface area contributed by atoms with Gasteiger partial charge in [0.05, 0.1) is 10.5 Å². The minimum Gasteiger partial charge on any atom is -0.321 e. The van der Waals surface area contributed by atoms with E-state index in [2.05, 4.69) is 4.98 Å². The van der Waals surface area contributed by atoms with E-state index in [0.29, 0.717) is 11.1 Å². The summed E-state index contributed by atoms with van der Waals surface area (Å²) in [6.07, 6.45) is 0. The van der Waals surface area contributed by atoms with Gasteiger partial charge in [-0.2, -0.15) is 4.31 Å². The highest BCUT2D eigenvalue weighted by atomic mass is 35.5. The number of aromatic nitrogens is 1. The van der Waals surface area contributed by atoms with Crippen molar-refractivity contribution in [3.8, 4) is 0 Å². The summed E-state index contributed by atoms with van der Waals surface area (Å²) in [6, 6.07) is 17.3. The lowest BCUT2D eigenvalue weighted by Crippen LogP contribution is -2.32. The molecule has 4 rings (SSSR count). The molecule has 0 radical (unpaired) electrons. The number of pyridine rings is 1. The van der Waals surface area contributed by atoms with Crippen molar-refractivity contribution < 1.29 is 12.8 Å². The Morgan fingerprint density at radius 2 is 1.61 bits per heavy atom. The fraction of sp³-hybridized carbons (Fsp3) is 0.160. The first kappa shape index (κ1) is 23.2. The first-order chi connectivity index (χ1) is 15.7. The number of nitrogens with one attached hydrogen (secondary N) is 1. The monoisotopic (exact) mass is 484 g/mol. The number of H-pyrrole nitrogens is 1. The van der Waals surface area contributed by atoms with Gasteiger partial charge in [0.25, 0.3) is 5.56 Å². The Morgan fingerprint density at radius 1 is 0.939 bits per heavy atom. The van der Waals surface area contributed by atoms with E-state index in [4.69, 9.17) is 11.6 Å². The third kappa shape index (κ3) is 4.71. The summed E-state index contributed by atoms with van der Waals surface area (Å²) >= 11 is 6.20. The number of halogens is 2. The summed E-state index contributed by atoms with van der Waals surface area (Å²) in [5.41, 5.74) is 3.13. The van der Waals surface area contributed by atoms with Crippen LogP contribution in [0.3, 0.4) is 0 Å². The molecule has 4 aromatic rings. The quantitative estimate of drug-likeness (QED) is 0.402. The number of aryl methyl sites for hydroxylation is 2. The van der Waals surface area contributed by atoms with Crippen LogP contribution in [0.15, 0.2) is 76.4 Å². The van der Waals surface area contributed by atoms with Crippen molar-refractivity contribution in [1.82, 2.24) is 9.29 Å². The Kier molecular flexibility index (Phi) is 6.38. The zero-order valence-electron chi connectivity index (χ0n) is 18.1. The Balaban J connectivity index is 1.82. The van der Waals surface area contributed by atoms with E-state index in [1.54, 1.807) is 18.2 Å². The molecule has 8 heteroatoms. The van der Waals surface area contributed by atoms with Crippen LogP contribution in [-0.2, 0) is 23.1 Å². The maximum absolute atomic E-state index is 13.6. The van der Waals surface area contributed by atoms with Crippen molar-refractivity contribution in [2.45, 2.75) is 31.8 Å². The fourth-order valence-electron chi connectivity index (χ4n) is 3.74. The van der Waals surface area contributed by atoms with E-state index in [0.717, 1.165) is 22.0 Å². The van der Waals surface area contributed by atoms with Crippen LogP contribution in [-0.4, -0.2) is 17.7 Å². The zero-order chi connectivity index (χ0) is 23.8. The van der Waals surface area contributed by atoms with Crippen molar-refractivity contribution in [3.05, 3.63) is 110 Å². The van der Waals surface area contributed by atoms with E-state index in [-0.39, 0.29) is 28.6 Å². The Labute approximate surface area is 196 Å². The van der Waals surface area contributed by atoms with Crippen LogP contribution < -0.4 is 5.56 Å². The second-order valence-corrected chi connectivity index (χ2v) is 10.3. The Bertz CT molecular complexity index is 1500. The zero-order valence-corrected chi connectivity index (χ0v) is 19.7. The van der Waals surface area contributed by atoms with Gasteiger partial charge in [-0.05, 0) is 60.9 Å². The smallest absolute Gasteiger partial charge is 0.252 e. The third-order valence-electron chi connectivity index (χ3n) is 5.59. The fourth-order valence-corrected chi connectivity index (χ4v) is 5.64. The third-order valence-corrected chi connectivity index (χ3v) is 7.89. The standard InChI is InChI=1S/C25H22ClFN2O3S/c1-16-7-8-17(2)24-21(16)13-19(25(30)28-24)15-29(14-18-9-11-20(27)12-10-18)33(31,32)23-6-4-3-5-22(23)26/h3-13H,14-15H2,1-2H3,(H,28,30). The molecule has 33 heavy (non-hydrogen) atoms. The number of aromatic amines is 1. The van der Waals surface area contributed by atoms with Crippen LogP contribution in [0, 0.1) is 19.7 Å². The van der Waals surface area contributed by atoms with E-state index in [1.807, 2.05) is 26.0 Å². The lowest BCUT2D eigenvalue weighted by atomic mass is 10.0. The Hall–Kier alpha value is -3.00. The molecule has 3 aromatic carbocycles. The van der Waals surface area contributed by atoms with Gasteiger partial charge in [-0.3, -0.25) is 4.79 Å². The molecule has 1 N–H and O–H groups in total. The minimum atomic E-state index is -4.07. The average molecular weight is 485 g/mol. The second-order valence-electron chi connectivity index (χ2n) is 7.94. The van der Waals surface area contributed by atoms with Gasteiger partial charge < -0.3 is 4.98 Å². The second kappa shape index (κ2) is 9.09. The molecule has 0 spiro atoms. The van der Waals surface area contributed by atoms with Crippen LogP contribution >= 0.6 is 11.6 Å². The maximum atomic E-state index is 13.6. The highest BCUT2D eigenvalue weighted by Gasteiger charge is 2.28. The highest BCUT2D eigenvalue weighted by Crippen LogP contribution is 2.27. The predicted octanol–water partition coefficient (Wildman–Crippen LogP) is 5.33. The number of hydrogen-bond donors (Lipinski definition) is 1. The molecule has 0 saturated heterocycles. The first-order valence-electron chi connectivity index (χ1n) is 10.3. The SMILES string of the molecule is Cc1ccc(C)c2[nH]c(=O)c(CN(Cc3ccc(F)cc3)S(=O)(=O)c3ccccc3Cl)cc12. The molecular formula is C25H22ClFN2O3S. The molecule has 1 heterocycles. The van der Waals surface area contributed by atoms with Crippen molar-refractivity contribution >= 4 is 32.5 Å². The molecule has 0 amide bonds. The van der Waals surface area contributed by atoms with Crippen molar-refractivity contribution in [3.63, 3.8) is 0 Å². The molecule has 170 valence electrons. The van der Waals surface area contributed by atoms with Crippen molar-refractivity contribution in [1.29, 1.82) is 0 Å². The largest absolute Gasteiger partial charge is 0.321 e.